The quantitative estimate of drug-likeness (QED) is 0.678. The van der Waals surface area contributed by atoms with Gasteiger partial charge in [-0.3, -0.25) is 0 Å². The average molecular weight is 257 g/mol. The van der Waals surface area contributed by atoms with E-state index in [2.05, 4.69) is 24.0 Å². The van der Waals surface area contributed by atoms with Crippen molar-refractivity contribution in [2.45, 2.75) is 17.6 Å². The lowest BCUT2D eigenvalue weighted by Crippen LogP contribution is -1.93. The summed E-state index contributed by atoms with van der Waals surface area (Å²) >= 11 is 1.78. The van der Waals surface area contributed by atoms with Crippen LogP contribution >= 0.6 is 11.8 Å². The molecule has 0 spiro atoms. The number of thioether (sulfide) groups is 1. The molecule has 92 valence electrons. The molecule has 1 aromatic heterocycles. The maximum Gasteiger partial charge on any atom is 0.114 e. The van der Waals surface area contributed by atoms with Gasteiger partial charge in [0.15, 0.2) is 0 Å². The van der Waals surface area contributed by atoms with Gasteiger partial charge in [0.1, 0.15) is 5.76 Å². The standard InChI is InChI=1S/C15H15NOS/c1-12-15(8-10-17-12)18-11-14-6-4-13(5-7-14)3-2-9-16/h4-8,10H,9,11,16H2,1H3. The maximum absolute atomic E-state index is 5.34. The van der Waals surface area contributed by atoms with Gasteiger partial charge in [-0.2, -0.15) is 0 Å². The highest BCUT2D eigenvalue weighted by molar-refractivity contribution is 7.98. The molecule has 0 saturated carbocycles. The third kappa shape index (κ3) is 3.43. The zero-order valence-corrected chi connectivity index (χ0v) is 11.1. The van der Waals surface area contributed by atoms with Crippen LogP contribution in [0.25, 0.3) is 0 Å². The molecular formula is C15H15NOS. The fourth-order valence-corrected chi connectivity index (χ4v) is 2.44. The summed E-state index contributed by atoms with van der Waals surface area (Å²) in [5.41, 5.74) is 7.62. The largest absolute Gasteiger partial charge is 0.468 e. The first-order valence-corrected chi connectivity index (χ1v) is 6.73. The van der Waals surface area contributed by atoms with E-state index in [4.69, 9.17) is 10.2 Å². The minimum Gasteiger partial charge on any atom is -0.468 e. The Morgan fingerprint density at radius 2 is 2.00 bits per heavy atom. The molecule has 1 aromatic carbocycles. The number of hydrogen-bond donors (Lipinski definition) is 1. The minimum atomic E-state index is 0.400. The molecule has 0 radical (unpaired) electrons. The Bertz CT molecular complexity index is 560. The second-order valence-electron chi connectivity index (χ2n) is 3.83. The maximum atomic E-state index is 5.34. The normalized spacial score (nSPS) is 9.89. The summed E-state index contributed by atoms with van der Waals surface area (Å²) in [6.07, 6.45) is 1.73. The second-order valence-corrected chi connectivity index (χ2v) is 4.85. The van der Waals surface area contributed by atoms with Gasteiger partial charge >= 0.3 is 0 Å². The first-order chi connectivity index (χ1) is 8.79. The van der Waals surface area contributed by atoms with Crippen LogP contribution in [0.4, 0.5) is 0 Å². The van der Waals surface area contributed by atoms with Crippen molar-refractivity contribution in [2.75, 3.05) is 6.54 Å². The Hall–Kier alpha value is -1.63. The van der Waals surface area contributed by atoms with Gasteiger partial charge in [0.2, 0.25) is 0 Å². The van der Waals surface area contributed by atoms with Gasteiger partial charge in [-0.15, -0.1) is 11.8 Å². The van der Waals surface area contributed by atoms with Crippen LogP contribution in [0.2, 0.25) is 0 Å². The van der Waals surface area contributed by atoms with Crippen LogP contribution in [0.15, 0.2) is 45.9 Å². The highest BCUT2D eigenvalue weighted by atomic mass is 32.2. The summed E-state index contributed by atoms with van der Waals surface area (Å²) in [6.45, 7) is 2.38. The Balaban J connectivity index is 1.96. The van der Waals surface area contributed by atoms with E-state index in [1.807, 2.05) is 25.1 Å². The van der Waals surface area contributed by atoms with E-state index in [-0.39, 0.29) is 0 Å². The monoisotopic (exact) mass is 257 g/mol. The molecule has 3 heteroatoms. The topological polar surface area (TPSA) is 39.2 Å². The van der Waals surface area contributed by atoms with Crippen LogP contribution in [0.3, 0.4) is 0 Å². The molecule has 18 heavy (non-hydrogen) atoms. The number of benzene rings is 1. The van der Waals surface area contributed by atoms with Gasteiger partial charge in [-0.05, 0) is 30.7 Å². The number of aryl methyl sites for hydroxylation is 1. The van der Waals surface area contributed by atoms with Crippen molar-refractivity contribution in [1.82, 2.24) is 0 Å². The summed E-state index contributed by atoms with van der Waals surface area (Å²) in [5.74, 6) is 7.77. The SMILES string of the molecule is Cc1occc1SCc1ccc(C#CCN)cc1. The lowest BCUT2D eigenvalue weighted by molar-refractivity contribution is 0.527. The van der Waals surface area contributed by atoms with Crippen molar-refractivity contribution in [2.24, 2.45) is 5.73 Å². The summed E-state index contributed by atoms with van der Waals surface area (Å²) in [7, 11) is 0. The third-order valence-electron chi connectivity index (χ3n) is 2.49. The molecule has 0 amide bonds. The fourth-order valence-electron chi connectivity index (χ4n) is 1.52. The highest BCUT2D eigenvalue weighted by Gasteiger charge is 2.02. The molecule has 0 bridgehead atoms. The van der Waals surface area contributed by atoms with E-state index in [1.165, 1.54) is 10.5 Å². The van der Waals surface area contributed by atoms with E-state index >= 15 is 0 Å². The molecule has 1 heterocycles. The molecule has 2 N–H and O–H groups in total. The predicted molar refractivity (Wildman–Crippen MR) is 75.4 cm³/mol. The molecule has 2 nitrogen and oxygen atoms in total. The van der Waals surface area contributed by atoms with Crippen LogP contribution < -0.4 is 5.73 Å². The highest BCUT2D eigenvalue weighted by Crippen LogP contribution is 2.26. The van der Waals surface area contributed by atoms with Crippen LogP contribution in [0.1, 0.15) is 16.9 Å². The minimum absolute atomic E-state index is 0.400. The molecule has 0 atom stereocenters. The van der Waals surface area contributed by atoms with Crippen molar-refractivity contribution >= 4 is 11.8 Å². The van der Waals surface area contributed by atoms with E-state index in [9.17, 15) is 0 Å². The lowest BCUT2D eigenvalue weighted by Gasteiger charge is -2.01. The molecule has 0 unspecified atom stereocenters. The van der Waals surface area contributed by atoms with Crippen molar-refractivity contribution in [3.63, 3.8) is 0 Å². The molecule has 0 saturated heterocycles. The van der Waals surface area contributed by atoms with E-state index in [1.54, 1.807) is 18.0 Å². The van der Waals surface area contributed by atoms with Crippen molar-refractivity contribution in [3.8, 4) is 11.8 Å². The molecule has 0 aliphatic rings. The van der Waals surface area contributed by atoms with Gasteiger partial charge in [-0.25, -0.2) is 0 Å². The van der Waals surface area contributed by atoms with Crippen molar-refractivity contribution in [1.29, 1.82) is 0 Å². The van der Waals surface area contributed by atoms with Crippen LogP contribution in [-0.4, -0.2) is 6.54 Å². The molecule has 0 fully saturated rings. The smallest absolute Gasteiger partial charge is 0.114 e. The molecule has 2 aromatic rings. The molecule has 0 aliphatic carbocycles. The summed E-state index contributed by atoms with van der Waals surface area (Å²) in [5, 5.41) is 0. The first kappa shape index (κ1) is 12.8. The number of hydrogen-bond acceptors (Lipinski definition) is 3. The van der Waals surface area contributed by atoms with Crippen molar-refractivity contribution < 1.29 is 4.42 Å². The van der Waals surface area contributed by atoms with E-state index < -0.39 is 0 Å². The lowest BCUT2D eigenvalue weighted by atomic mass is 10.1. The van der Waals surface area contributed by atoms with Gasteiger partial charge in [0.05, 0.1) is 12.8 Å². The summed E-state index contributed by atoms with van der Waals surface area (Å²) in [4.78, 5) is 1.20. The second kappa shape index (κ2) is 6.34. The fraction of sp³-hybridized carbons (Fsp3) is 0.200. The first-order valence-electron chi connectivity index (χ1n) is 5.74. The predicted octanol–water partition coefficient (Wildman–Crippen LogP) is 3.19. The van der Waals surface area contributed by atoms with Gasteiger partial charge in [0.25, 0.3) is 0 Å². The van der Waals surface area contributed by atoms with Gasteiger partial charge < -0.3 is 10.2 Å². The van der Waals surface area contributed by atoms with Gasteiger partial charge in [0, 0.05) is 16.2 Å². The summed E-state index contributed by atoms with van der Waals surface area (Å²) < 4.78 is 5.27. The van der Waals surface area contributed by atoms with E-state index in [0.717, 1.165) is 17.1 Å². The zero-order valence-electron chi connectivity index (χ0n) is 10.3. The zero-order chi connectivity index (χ0) is 12.8. The number of nitrogens with two attached hydrogens (primary N) is 1. The Labute approximate surface area is 112 Å². The Morgan fingerprint density at radius 3 is 2.61 bits per heavy atom. The molecule has 0 aliphatic heterocycles. The molecular weight excluding hydrogens is 242 g/mol. The molecule has 2 rings (SSSR count). The number of furan rings is 1. The van der Waals surface area contributed by atoms with Crippen LogP contribution in [0.5, 0.6) is 0 Å². The third-order valence-corrected chi connectivity index (χ3v) is 3.71. The average Bonchev–Trinajstić information content (AvgIpc) is 2.81. The Kier molecular flexibility index (Phi) is 4.52. The van der Waals surface area contributed by atoms with Crippen LogP contribution in [-0.2, 0) is 5.75 Å². The van der Waals surface area contributed by atoms with Gasteiger partial charge in [-0.1, -0.05) is 24.0 Å². The summed E-state index contributed by atoms with van der Waals surface area (Å²) in [6, 6.07) is 10.3. The Morgan fingerprint density at radius 1 is 1.22 bits per heavy atom. The van der Waals surface area contributed by atoms with Crippen molar-refractivity contribution in [3.05, 3.63) is 53.5 Å². The van der Waals surface area contributed by atoms with Crippen LogP contribution in [0, 0.1) is 18.8 Å². The van der Waals surface area contributed by atoms with E-state index in [0.29, 0.717) is 6.54 Å². The number of rotatable bonds is 3.